The quantitative estimate of drug-likeness (QED) is 0.864. The summed E-state index contributed by atoms with van der Waals surface area (Å²) >= 11 is 0. The summed E-state index contributed by atoms with van der Waals surface area (Å²) in [6.07, 6.45) is -3.60. The van der Waals surface area contributed by atoms with Crippen LogP contribution in [0.5, 0.6) is 0 Å². The number of halogens is 4. The average molecular weight is 288 g/mol. The number of rotatable bonds is 2. The van der Waals surface area contributed by atoms with E-state index in [0.717, 1.165) is 16.9 Å². The highest BCUT2D eigenvalue weighted by atomic mass is 19.4. The molecule has 1 N–H and O–H groups in total. The molecule has 8 heteroatoms. The van der Waals surface area contributed by atoms with Crippen molar-refractivity contribution in [3.05, 3.63) is 47.0 Å². The van der Waals surface area contributed by atoms with Crippen molar-refractivity contribution in [1.82, 2.24) is 9.78 Å². The lowest BCUT2D eigenvalue weighted by Gasteiger charge is -2.09. The first-order valence-corrected chi connectivity index (χ1v) is 5.37. The van der Waals surface area contributed by atoms with Gasteiger partial charge in [0.05, 0.1) is 11.3 Å². The molecule has 0 aliphatic rings. The minimum absolute atomic E-state index is 0.136. The standard InChI is InChI=1S/C12H8F4N2O2/c1-6-8(11(19)20)5-18(17-6)10-3-2-7(4-9(10)13)12(14,15)16/h2-5H,1H3,(H,19,20). The number of alkyl halides is 3. The van der Waals surface area contributed by atoms with Crippen LogP contribution in [-0.4, -0.2) is 20.9 Å². The van der Waals surface area contributed by atoms with Crippen molar-refractivity contribution >= 4 is 5.97 Å². The number of aromatic carboxylic acids is 1. The molecule has 106 valence electrons. The topological polar surface area (TPSA) is 55.1 Å². The Morgan fingerprint density at radius 1 is 1.35 bits per heavy atom. The third-order valence-corrected chi connectivity index (χ3v) is 2.65. The van der Waals surface area contributed by atoms with Crippen LogP contribution in [-0.2, 0) is 6.18 Å². The minimum atomic E-state index is -4.65. The van der Waals surface area contributed by atoms with Gasteiger partial charge in [-0.25, -0.2) is 13.9 Å². The molecule has 0 fully saturated rings. The first-order valence-electron chi connectivity index (χ1n) is 5.37. The monoisotopic (exact) mass is 288 g/mol. The number of benzene rings is 1. The van der Waals surface area contributed by atoms with E-state index in [1.165, 1.54) is 6.92 Å². The first kappa shape index (κ1) is 14.0. The molecule has 0 radical (unpaired) electrons. The molecular formula is C12H8F4N2O2. The number of aromatic nitrogens is 2. The van der Waals surface area contributed by atoms with E-state index in [9.17, 15) is 22.4 Å². The third-order valence-electron chi connectivity index (χ3n) is 2.65. The van der Waals surface area contributed by atoms with E-state index in [1.54, 1.807) is 0 Å². The smallest absolute Gasteiger partial charge is 0.416 e. The molecule has 4 nitrogen and oxygen atoms in total. The summed E-state index contributed by atoms with van der Waals surface area (Å²) in [6, 6.07) is 1.94. The van der Waals surface area contributed by atoms with Crippen molar-refractivity contribution in [1.29, 1.82) is 0 Å². The van der Waals surface area contributed by atoms with Crippen molar-refractivity contribution in [2.24, 2.45) is 0 Å². The molecular weight excluding hydrogens is 280 g/mol. The maximum Gasteiger partial charge on any atom is 0.416 e. The summed E-state index contributed by atoms with van der Waals surface area (Å²) in [4.78, 5) is 10.8. The molecule has 0 atom stereocenters. The van der Waals surface area contributed by atoms with Gasteiger partial charge in [-0.15, -0.1) is 0 Å². The lowest BCUT2D eigenvalue weighted by molar-refractivity contribution is -0.137. The van der Waals surface area contributed by atoms with Gasteiger partial charge in [-0.2, -0.15) is 18.3 Å². The zero-order valence-corrected chi connectivity index (χ0v) is 10.1. The van der Waals surface area contributed by atoms with Crippen LogP contribution < -0.4 is 0 Å². The Labute approximate surface area is 110 Å². The van der Waals surface area contributed by atoms with Crippen molar-refractivity contribution < 1.29 is 27.5 Å². The molecule has 1 aromatic heterocycles. The number of carboxylic acid groups (broad SMARTS) is 1. The molecule has 2 aromatic rings. The Balaban J connectivity index is 2.49. The van der Waals surface area contributed by atoms with Crippen LogP contribution in [0, 0.1) is 12.7 Å². The summed E-state index contributed by atoms with van der Waals surface area (Å²) in [7, 11) is 0. The second-order valence-electron chi connectivity index (χ2n) is 4.04. The van der Waals surface area contributed by atoms with Gasteiger partial charge in [0.25, 0.3) is 0 Å². The molecule has 2 rings (SSSR count). The Morgan fingerprint density at radius 3 is 2.45 bits per heavy atom. The lowest BCUT2D eigenvalue weighted by atomic mass is 10.2. The van der Waals surface area contributed by atoms with Crippen molar-refractivity contribution in [3.63, 3.8) is 0 Å². The Kier molecular flexibility index (Phi) is 3.24. The molecule has 0 unspecified atom stereocenters. The molecule has 0 aliphatic heterocycles. The van der Waals surface area contributed by atoms with E-state index < -0.39 is 23.5 Å². The largest absolute Gasteiger partial charge is 0.478 e. The molecule has 1 aromatic carbocycles. The number of aryl methyl sites for hydroxylation is 1. The molecule has 1 heterocycles. The van der Waals surface area contributed by atoms with E-state index in [2.05, 4.69) is 5.10 Å². The van der Waals surface area contributed by atoms with Crippen LogP contribution >= 0.6 is 0 Å². The van der Waals surface area contributed by atoms with Gasteiger partial charge in [0.15, 0.2) is 0 Å². The molecule has 0 spiro atoms. The normalized spacial score (nSPS) is 11.7. The van der Waals surface area contributed by atoms with Crippen LogP contribution in [0.3, 0.4) is 0 Å². The van der Waals surface area contributed by atoms with E-state index in [-0.39, 0.29) is 16.9 Å². The number of nitrogens with zero attached hydrogens (tertiary/aromatic N) is 2. The van der Waals surface area contributed by atoms with Gasteiger partial charge in [-0.3, -0.25) is 0 Å². The van der Waals surface area contributed by atoms with Gasteiger partial charge in [0.2, 0.25) is 0 Å². The second kappa shape index (κ2) is 4.62. The highest BCUT2D eigenvalue weighted by Gasteiger charge is 2.31. The first-order chi connectivity index (χ1) is 9.20. The van der Waals surface area contributed by atoms with Crippen molar-refractivity contribution in [3.8, 4) is 5.69 Å². The zero-order valence-electron chi connectivity index (χ0n) is 10.1. The highest BCUT2D eigenvalue weighted by Crippen LogP contribution is 2.30. The van der Waals surface area contributed by atoms with Gasteiger partial charge in [-0.1, -0.05) is 0 Å². The van der Waals surface area contributed by atoms with Crippen LogP contribution in [0.15, 0.2) is 24.4 Å². The van der Waals surface area contributed by atoms with Crippen LogP contribution in [0.25, 0.3) is 5.69 Å². The SMILES string of the molecule is Cc1nn(-c2ccc(C(F)(F)F)cc2F)cc1C(=O)O. The third kappa shape index (κ3) is 2.49. The fraction of sp³-hybridized carbons (Fsp3) is 0.167. The average Bonchev–Trinajstić information content (AvgIpc) is 2.69. The van der Waals surface area contributed by atoms with Gasteiger partial charge in [0, 0.05) is 6.20 Å². The summed E-state index contributed by atoms with van der Waals surface area (Å²) in [5.74, 6) is -2.39. The molecule has 0 saturated heterocycles. The van der Waals surface area contributed by atoms with Crippen molar-refractivity contribution in [2.45, 2.75) is 13.1 Å². The van der Waals surface area contributed by atoms with Crippen LogP contribution in [0.1, 0.15) is 21.6 Å². The number of hydrogen-bond donors (Lipinski definition) is 1. The predicted octanol–water partition coefficient (Wildman–Crippen LogP) is 3.04. The Bertz CT molecular complexity index is 677. The second-order valence-corrected chi connectivity index (χ2v) is 4.04. The van der Waals surface area contributed by atoms with Gasteiger partial charge in [0.1, 0.15) is 17.1 Å². The van der Waals surface area contributed by atoms with Crippen LogP contribution in [0.4, 0.5) is 17.6 Å². The van der Waals surface area contributed by atoms with Crippen molar-refractivity contribution in [2.75, 3.05) is 0 Å². The Hall–Kier alpha value is -2.38. The fourth-order valence-electron chi connectivity index (χ4n) is 1.66. The predicted molar refractivity (Wildman–Crippen MR) is 60.2 cm³/mol. The molecule has 0 aliphatic carbocycles. The molecule has 0 bridgehead atoms. The maximum absolute atomic E-state index is 13.7. The number of carboxylic acids is 1. The molecule has 20 heavy (non-hydrogen) atoms. The highest BCUT2D eigenvalue weighted by molar-refractivity contribution is 5.88. The summed E-state index contributed by atoms with van der Waals surface area (Å²) < 4.78 is 51.8. The van der Waals surface area contributed by atoms with Gasteiger partial charge < -0.3 is 5.11 Å². The van der Waals surface area contributed by atoms with E-state index in [1.807, 2.05) is 0 Å². The lowest BCUT2D eigenvalue weighted by Crippen LogP contribution is -2.07. The zero-order chi connectivity index (χ0) is 15.1. The fourth-order valence-corrected chi connectivity index (χ4v) is 1.66. The Morgan fingerprint density at radius 2 is 2.00 bits per heavy atom. The van der Waals surface area contributed by atoms with Gasteiger partial charge >= 0.3 is 12.1 Å². The van der Waals surface area contributed by atoms with E-state index in [0.29, 0.717) is 12.1 Å². The number of hydrogen-bond acceptors (Lipinski definition) is 2. The molecule has 0 saturated carbocycles. The summed E-state index contributed by atoms with van der Waals surface area (Å²) in [5, 5.41) is 12.6. The minimum Gasteiger partial charge on any atom is -0.478 e. The van der Waals surface area contributed by atoms with E-state index in [4.69, 9.17) is 5.11 Å². The summed E-state index contributed by atoms with van der Waals surface area (Å²) in [5.41, 5.74) is -1.39. The number of carbonyl (C=O) groups is 1. The van der Waals surface area contributed by atoms with Crippen LogP contribution in [0.2, 0.25) is 0 Å². The summed E-state index contributed by atoms with van der Waals surface area (Å²) in [6.45, 7) is 1.40. The maximum atomic E-state index is 13.7. The molecule has 0 amide bonds. The van der Waals surface area contributed by atoms with Gasteiger partial charge in [-0.05, 0) is 25.1 Å². The van der Waals surface area contributed by atoms with E-state index >= 15 is 0 Å².